The van der Waals surface area contributed by atoms with Crippen LogP contribution in [0.1, 0.15) is 37.3 Å². The average Bonchev–Trinajstić information content (AvgIpc) is 3.04. The number of hydrogen-bond donors (Lipinski definition) is 1. The van der Waals surface area contributed by atoms with Crippen LogP contribution in [0.3, 0.4) is 0 Å². The first-order chi connectivity index (χ1) is 10.3. The van der Waals surface area contributed by atoms with Gasteiger partial charge in [-0.1, -0.05) is 18.9 Å². The predicted molar refractivity (Wildman–Crippen MR) is 89.3 cm³/mol. The van der Waals surface area contributed by atoms with Gasteiger partial charge in [-0.15, -0.1) is 12.4 Å². The van der Waals surface area contributed by atoms with E-state index in [2.05, 4.69) is 10.2 Å². The molecule has 1 aliphatic heterocycles. The summed E-state index contributed by atoms with van der Waals surface area (Å²) in [5, 5.41) is 3.42. The van der Waals surface area contributed by atoms with Crippen molar-refractivity contribution in [3.63, 3.8) is 0 Å². The Balaban J connectivity index is 0.00000176. The molecule has 0 aromatic heterocycles. The quantitative estimate of drug-likeness (QED) is 0.917. The second kappa shape index (κ2) is 8.14. The molecule has 1 N–H and O–H groups in total. The van der Waals surface area contributed by atoms with E-state index in [9.17, 15) is 4.39 Å². The second-order valence-corrected chi connectivity index (χ2v) is 6.16. The highest BCUT2D eigenvalue weighted by atomic mass is 35.5. The summed E-state index contributed by atoms with van der Waals surface area (Å²) in [6.07, 6.45) is 5.18. The van der Waals surface area contributed by atoms with E-state index in [1.807, 2.05) is 6.07 Å². The monoisotopic (exact) mass is 328 g/mol. The lowest BCUT2D eigenvalue weighted by Crippen LogP contribution is -2.46. The van der Waals surface area contributed by atoms with Crippen molar-refractivity contribution in [1.82, 2.24) is 10.2 Å². The Hall–Kier alpha value is -0.840. The van der Waals surface area contributed by atoms with E-state index in [-0.39, 0.29) is 18.2 Å². The molecule has 0 amide bonds. The van der Waals surface area contributed by atoms with Gasteiger partial charge in [-0.05, 0) is 24.8 Å². The zero-order valence-corrected chi connectivity index (χ0v) is 14.0. The Morgan fingerprint density at radius 1 is 1.23 bits per heavy atom. The van der Waals surface area contributed by atoms with Gasteiger partial charge in [-0.2, -0.15) is 0 Å². The van der Waals surface area contributed by atoms with Crippen LogP contribution in [0.4, 0.5) is 4.39 Å². The molecule has 1 saturated carbocycles. The van der Waals surface area contributed by atoms with Gasteiger partial charge in [0.1, 0.15) is 11.6 Å². The molecule has 5 heteroatoms. The van der Waals surface area contributed by atoms with Crippen molar-refractivity contribution >= 4 is 12.4 Å². The molecule has 2 aliphatic rings. The normalized spacial score (nSPS) is 21.4. The zero-order chi connectivity index (χ0) is 14.7. The topological polar surface area (TPSA) is 24.5 Å². The molecule has 1 atom stereocenters. The summed E-state index contributed by atoms with van der Waals surface area (Å²) in [6, 6.07) is 5.39. The van der Waals surface area contributed by atoms with E-state index in [0.717, 1.165) is 31.7 Å². The Morgan fingerprint density at radius 3 is 2.55 bits per heavy atom. The molecule has 1 aliphatic carbocycles. The van der Waals surface area contributed by atoms with Crippen molar-refractivity contribution in [2.75, 3.05) is 33.3 Å². The maximum absolute atomic E-state index is 13.5. The minimum atomic E-state index is -0.221. The number of halogens is 2. The van der Waals surface area contributed by atoms with Gasteiger partial charge < -0.3 is 10.1 Å². The molecule has 1 aromatic rings. The van der Waals surface area contributed by atoms with Crippen molar-refractivity contribution in [2.24, 2.45) is 5.92 Å². The summed E-state index contributed by atoms with van der Waals surface area (Å²) < 4.78 is 19.0. The molecule has 3 rings (SSSR count). The summed E-state index contributed by atoms with van der Waals surface area (Å²) in [4.78, 5) is 2.56. The largest absolute Gasteiger partial charge is 0.496 e. The fraction of sp³-hybridized carbons (Fsp3) is 0.647. The molecule has 1 aromatic carbocycles. The van der Waals surface area contributed by atoms with Crippen molar-refractivity contribution in [3.8, 4) is 5.75 Å². The number of nitrogens with one attached hydrogen (secondary N) is 1. The number of ether oxygens (including phenoxy) is 1. The van der Waals surface area contributed by atoms with E-state index < -0.39 is 0 Å². The van der Waals surface area contributed by atoms with Crippen molar-refractivity contribution in [2.45, 2.75) is 31.7 Å². The molecule has 124 valence electrons. The molecule has 0 unspecified atom stereocenters. The van der Waals surface area contributed by atoms with Crippen molar-refractivity contribution in [1.29, 1.82) is 0 Å². The van der Waals surface area contributed by atoms with Crippen molar-refractivity contribution < 1.29 is 9.13 Å². The van der Waals surface area contributed by atoms with Gasteiger partial charge in [0, 0.05) is 43.9 Å². The van der Waals surface area contributed by atoms with E-state index in [4.69, 9.17) is 4.74 Å². The van der Waals surface area contributed by atoms with Gasteiger partial charge >= 0.3 is 0 Å². The molecule has 1 heterocycles. The first kappa shape index (κ1) is 17.5. The van der Waals surface area contributed by atoms with Gasteiger partial charge in [0.2, 0.25) is 0 Å². The van der Waals surface area contributed by atoms with Crippen molar-refractivity contribution in [3.05, 3.63) is 29.6 Å². The van der Waals surface area contributed by atoms with Gasteiger partial charge in [-0.25, -0.2) is 4.39 Å². The van der Waals surface area contributed by atoms with Crippen LogP contribution in [-0.2, 0) is 0 Å². The molecule has 0 radical (unpaired) electrons. The zero-order valence-electron chi connectivity index (χ0n) is 13.2. The van der Waals surface area contributed by atoms with Gasteiger partial charge in [-0.3, -0.25) is 4.90 Å². The molecule has 0 bridgehead atoms. The molecular formula is C17H26ClFN2O. The highest BCUT2D eigenvalue weighted by Crippen LogP contribution is 2.42. The third-order valence-corrected chi connectivity index (χ3v) is 4.91. The lowest BCUT2D eigenvalue weighted by molar-refractivity contribution is 0.123. The highest BCUT2D eigenvalue weighted by Gasteiger charge is 2.33. The fourth-order valence-electron chi connectivity index (χ4n) is 3.91. The Morgan fingerprint density at radius 2 is 1.91 bits per heavy atom. The van der Waals surface area contributed by atoms with Crippen LogP contribution in [0.2, 0.25) is 0 Å². The summed E-state index contributed by atoms with van der Waals surface area (Å²) >= 11 is 0. The maximum atomic E-state index is 13.5. The van der Waals surface area contributed by atoms with Crippen LogP contribution in [0.15, 0.2) is 18.2 Å². The molecule has 0 spiro atoms. The van der Waals surface area contributed by atoms with Crippen LogP contribution in [0.5, 0.6) is 5.75 Å². The van der Waals surface area contributed by atoms with Gasteiger partial charge in [0.05, 0.1) is 7.11 Å². The Labute approximate surface area is 138 Å². The van der Waals surface area contributed by atoms with Crippen LogP contribution in [0.25, 0.3) is 0 Å². The van der Waals surface area contributed by atoms with Crippen LogP contribution < -0.4 is 10.1 Å². The standard InChI is InChI=1S/C17H25FN2O.ClH/c1-21-16-12-14(18)6-7-15(16)17(13-4-2-3-5-13)20-10-8-19-9-11-20;/h6-7,12-13,17,19H,2-5,8-11H2,1H3;1H/t17-;/m1./s1. The molecule has 3 nitrogen and oxygen atoms in total. The summed E-state index contributed by atoms with van der Waals surface area (Å²) in [7, 11) is 1.64. The maximum Gasteiger partial charge on any atom is 0.126 e. The Kier molecular flexibility index (Phi) is 6.48. The average molecular weight is 329 g/mol. The number of benzene rings is 1. The Bertz CT molecular complexity index is 474. The third-order valence-electron chi connectivity index (χ3n) is 4.91. The lowest BCUT2D eigenvalue weighted by atomic mass is 9.89. The van der Waals surface area contributed by atoms with Crippen LogP contribution >= 0.6 is 12.4 Å². The number of nitrogens with zero attached hydrogens (tertiary/aromatic N) is 1. The first-order valence-corrected chi connectivity index (χ1v) is 8.08. The molecular weight excluding hydrogens is 303 g/mol. The molecule has 1 saturated heterocycles. The number of hydrogen-bond acceptors (Lipinski definition) is 3. The minimum absolute atomic E-state index is 0. The smallest absolute Gasteiger partial charge is 0.126 e. The predicted octanol–water partition coefficient (Wildman–Crippen LogP) is 3.39. The summed E-state index contributed by atoms with van der Waals surface area (Å²) in [6.45, 7) is 4.18. The summed E-state index contributed by atoms with van der Waals surface area (Å²) in [5.74, 6) is 1.15. The van der Waals surface area contributed by atoms with Crippen LogP contribution in [-0.4, -0.2) is 38.2 Å². The third kappa shape index (κ3) is 3.73. The van der Waals surface area contributed by atoms with E-state index in [0.29, 0.717) is 17.7 Å². The highest BCUT2D eigenvalue weighted by molar-refractivity contribution is 5.85. The first-order valence-electron chi connectivity index (χ1n) is 8.08. The number of methoxy groups -OCH3 is 1. The molecule has 22 heavy (non-hydrogen) atoms. The molecule has 2 fully saturated rings. The van der Waals surface area contributed by atoms with E-state index in [1.54, 1.807) is 13.2 Å². The van der Waals surface area contributed by atoms with E-state index >= 15 is 0 Å². The van der Waals surface area contributed by atoms with E-state index in [1.165, 1.54) is 31.7 Å². The van der Waals surface area contributed by atoms with Gasteiger partial charge in [0.15, 0.2) is 0 Å². The lowest BCUT2D eigenvalue weighted by Gasteiger charge is -2.39. The SMILES string of the molecule is COc1cc(F)ccc1[C@@H](C1CCCC1)N1CCNCC1.Cl. The van der Waals surface area contributed by atoms with Gasteiger partial charge in [0.25, 0.3) is 0 Å². The fourth-order valence-corrected chi connectivity index (χ4v) is 3.91. The number of rotatable bonds is 4. The second-order valence-electron chi connectivity index (χ2n) is 6.16. The van der Waals surface area contributed by atoms with Crippen LogP contribution in [0, 0.1) is 11.7 Å². The summed E-state index contributed by atoms with van der Waals surface area (Å²) in [5.41, 5.74) is 1.16. The number of piperazine rings is 1. The minimum Gasteiger partial charge on any atom is -0.496 e.